The van der Waals surface area contributed by atoms with Crippen LogP contribution in [0.1, 0.15) is 12.5 Å². The van der Waals surface area contributed by atoms with Crippen molar-refractivity contribution in [1.82, 2.24) is 5.43 Å². The number of carbonyl (C=O) groups is 1. The summed E-state index contributed by atoms with van der Waals surface area (Å²) in [7, 11) is 0. The number of hydrogen-bond acceptors (Lipinski definition) is 5. The SMILES string of the molecule is CC(Cc1cc(O)c(O)cc1Br)(NN)C(=O)O. The molecule has 94 valence electrons. The Hall–Kier alpha value is -1.31. The Morgan fingerprint density at radius 1 is 1.47 bits per heavy atom. The first kappa shape index (κ1) is 13.8. The fourth-order valence-electron chi connectivity index (χ4n) is 1.30. The van der Waals surface area contributed by atoms with Crippen molar-refractivity contribution in [3.63, 3.8) is 0 Å². The molecule has 0 bridgehead atoms. The summed E-state index contributed by atoms with van der Waals surface area (Å²) in [5.41, 5.74) is 1.38. The first-order valence-electron chi connectivity index (χ1n) is 4.71. The van der Waals surface area contributed by atoms with Gasteiger partial charge in [0.15, 0.2) is 11.5 Å². The van der Waals surface area contributed by atoms with Gasteiger partial charge in [0, 0.05) is 10.9 Å². The Balaban J connectivity index is 3.10. The molecule has 1 unspecified atom stereocenters. The van der Waals surface area contributed by atoms with Crippen molar-refractivity contribution in [3.8, 4) is 11.5 Å². The zero-order chi connectivity index (χ0) is 13.2. The fraction of sp³-hybridized carbons (Fsp3) is 0.300. The number of phenols is 2. The molecule has 0 aromatic heterocycles. The molecule has 1 aromatic rings. The van der Waals surface area contributed by atoms with Crippen molar-refractivity contribution < 1.29 is 20.1 Å². The summed E-state index contributed by atoms with van der Waals surface area (Å²) in [5, 5.41) is 27.7. The van der Waals surface area contributed by atoms with Gasteiger partial charge in [-0.25, -0.2) is 5.43 Å². The predicted molar refractivity (Wildman–Crippen MR) is 64.5 cm³/mol. The van der Waals surface area contributed by atoms with Crippen LogP contribution in [0.25, 0.3) is 0 Å². The Bertz CT molecular complexity index is 452. The predicted octanol–water partition coefficient (Wildman–Crippen LogP) is 0.709. The minimum Gasteiger partial charge on any atom is -0.504 e. The van der Waals surface area contributed by atoms with Crippen LogP contribution in [-0.2, 0) is 11.2 Å². The number of benzene rings is 1. The molecule has 0 saturated carbocycles. The molecule has 6 N–H and O–H groups in total. The number of nitrogens with two attached hydrogens (primary N) is 1. The Morgan fingerprint density at radius 2 is 2.00 bits per heavy atom. The summed E-state index contributed by atoms with van der Waals surface area (Å²) in [6.07, 6.45) is 0.0489. The van der Waals surface area contributed by atoms with Crippen molar-refractivity contribution >= 4 is 21.9 Å². The topological polar surface area (TPSA) is 116 Å². The molecular weight excluding hydrogens is 292 g/mol. The van der Waals surface area contributed by atoms with E-state index in [2.05, 4.69) is 21.4 Å². The number of halogens is 1. The average Bonchev–Trinajstić information content (AvgIpc) is 2.25. The molecule has 0 aliphatic carbocycles. The number of aliphatic carboxylic acids is 1. The minimum absolute atomic E-state index is 0.0489. The van der Waals surface area contributed by atoms with Crippen LogP contribution >= 0.6 is 15.9 Å². The first-order chi connectivity index (χ1) is 7.80. The summed E-state index contributed by atoms with van der Waals surface area (Å²) < 4.78 is 0.496. The van der Waals surface area contributed by atoms with Gasteiger partial charge in [-0.3, -0.25) is 10.6 Å². The lowest BCUT2D eigenvalue weighted by atomic mass is 9.93. The van der Waals surface area contributed by atoms with Crippen molar-refractivity contribution in [3.05, 3.63) is 22.2 Å². The number of carboxylic acids is 1. The van der Waals surface area contributed by atoms with Crippen LogP contribution in [-0.4, -0.2) is 26.8 Å². The summed E-state index contributed by atoms with van der Waals surface area (Å²) in [6.45, 7) is 1.42. The number of phenolic OH excluding ortho intramolecular Hbond substituents is 2. The van der Waals surface area contributed by atoms with E-state index < -0.39 is 11.5 Å². The van der Waals surface area contributed by atoms with Crippen molar-refractivity contribution in [2.24, 2.45) is 5.84 Å². The number of hydrogen-bond donors (Lipinski definition) is 5. The summed E-state index contributed by atoms with van der Waals surface area (Å²) in [4.78, 5) is 11.1. The molecule has 0 fully saturated rings. The van der Waals surface area contributed by atoms with E-state index in [0.29, 0.717) is 10.0 Å². The molecule has 1 rings (SSSR count). The normalized spacial score (nSPS) is 14.3. The summed E-state index contributed by atoms with van der Waals surface area (Å²) >= 11 is 3.18. The average molecular weight is 305 g/mol. The van der Waals surface area contributed by atoms with Gasteiger partial charge in [-0.2, -0.15) is 0 Å². The van der Waals surface area contributed by atoms with Crippen molar-refractivity contribution in [2.45, 2.75) is 18.9 Å². The summed E-state index contributed by atoms with van der Waals surface area (Å²) in [6, 6.07) is 2.58. The molecule has 0 spiro atoms. The van der Waals surface area contributed by atoms with Gasteiger partial charge in [0.2, 0.25) is 0 Å². The number of aromatic hydroxyl groups is 2. The van der Waals surface area contributed by atoms with Crippen LogP contribution in [0.4, 0.5) is 0 Å². The maximum absolute atomic E-state index is 11.1. The second kappa shape index (κ2) is 4.91. The third-order valence-electron chi connectivity index (χ3n) is 2.48. The molecule has 1 aromatic carbocycles. The number of rotatable bonds is 4. The Labute approximate surface area is 106 Å². The molecular formula is C10H13BrN2O4. The minimum atomic E-state index is -1.36. The van der Waals surface area contributed by atoms with Gasteiger partial charge >= 0.3 is 5.97 Å². The van der Waals surface area contributed by atoms with E-state index >= 15 is 0 Å². The second-order valence-corrected chi connectivity index (χ2v) is 4.75. The van der Waals surface area contributed by atoms with Crippen LogP contribution in [0.15, 0.2) is 16.6 Å². The van der Waals surface area contributed by atoms with E-state index in [-0.39, 0.29) is 17.9 Å². The Morgan fingerprint density at radius 3 is 2.47 bits per heavy atom. The van der Waals surface area contributed by atoms with Gasteiger partial charge in [-0.1, -0.05) is 15.9 Å². The molecule has 17 heavy (non-hydrogen) atoms. The standard InChI is InChI=1S/C10H13BrN2O4/c1-10(13-12,9(16)17)4-5-2-7(14)8(15)3-6(5)11/h2-3,13-15H,4,12H2,1H3,(H,16,17). The fourth-order valence-corrected chi connectivity index (χ4v) is 1.77. The highest BCUT2D eigenvalue weighted by Crippen LogP contribution is 2.33. The smallest absolute Gasteiger partial charge is 0.325 e. The lowest BCUT2D eigenvalue weighted by Gasteiger charge is -2.24. The van der Waals surface area contributed by atoms with E-state index in [9.17, 15) is 15.0 Å². The zero-order valence-corrected chi connectivity index (χ0v) is 10.7. The van der Waals surface area contributed by atoms with E-state index in [1.807, 2.05) is 0 Å². The molecule has 1 atom stereocenters. The largest absolute Gasteiger partial charge is 0.504 e. The maximum atomic E-state index is 11.1. The van der Waals surface area contributed by atoms with Gasteiger partial charge in [-0.05, 0) is 24.6 Å². The van der Waals surface area contributed by atoms with Gasteiger partial charge in [0.25, 0.3) is 0 Å². The van der Waals surface area contributed by atoms with Crippen LogP contribution in [0.2, 0.25) is 0 Å². The first-order valence-corrected chi connectivity index (χ1v) is 5.51. The van der Waals surface area contributed by atoms with Gasteiger partial charge < -0.3 is 15.3 Å². The molecule has 0 aliphatic rings. The van der Waals surface area contributed by atoms with Gasteiger partial charge in [0.05, 0.1) is 0 Å². The number of carboxylic acid groups (broad SMARTS) is 1. The van der Waals surface area contributed by atoms with Gasteiger partial charge in [0.1, 0.15) is 5.54 Å². The van der Waals surface area contributed by atoms with Crippen molar-refractivity contribution in [1.29, 1.82) is 0 Å². The van der Waals surface area contributed by atoms with Crippen LogP contribution in [0.3, 0.4) is 0 Å². The van der Waals surface area contributed by atoms with E-state index in [4.69, 9.17) is 10.9 Å². The molecule has 0 saturated heterocycles. The quantitative estimate of drug-likeness (QED) is 0.318. The molecule has 0 heterocycles. The van der Waals surface area contributed by atoms with Crippen molar-refractivity contribution in [2.75, 3.05) is 0 Å². The van der Waals surface area contributed by atoms with Crippen LogP contribution in [0, 0.1) is 0 Å². The number of nitrogens with one attached hydrogen (secondary N) is 1. The summed E-state index contributed by atoms with van der Waals surface area (Å²) in [5.74, 6) is 3.51. The molecule has 6 nitrogen and oxygen atoms in total. The Kier molecular flexibility index (Phi) is 3.97. The van der Waals surface area contributed by atoms with E-state index in [1.165, 1.54) is 19.1 Å². The third-order valence-corrected chi connectivity index (χ3v) is 3.22. The maximum Gasteiger partial charge on any atom is 0.325 e. The monoisotopic (exact) mass is 304 g/mol. The number of hydrazine groups is 1. The second-order valence-electron chi connectivity index (χ2n) is 3.89. The molecule has 0 amide bonds. The lowest BCUT2D eigenvalue weighted by molar-refractivity contribution is -0.144. The zero-order valence-electron chi connectivity index (χ0n) is 9.07. The van der Waals surface area contributed by atoms with E-state index in [0.717, 1.165) is 0 Å². The van der Waals surface area contributed by atoms with Crippen LogP contribution in [0.5, 0.6) is 11.5 Å². The highest BCUT2D eigenvalue weighted by Gasteiger charge is 2.32. The molecule has 7 heteroatoms. The highest BCUT2D eigenvalue weighted by atomic mass is 79.9. The third kappa shape index (κ3) is 2.87. The molecule has 0 aliphatic heterocycles. The van der Waals surface area contributed by atoms with Gasteiger partial charge in [-0.15, -0.1) is 0 Å². The van der Waals surface area contributed by atoms with E-state index in [1.54, 1.807) is 0 Å². The lowest BCUT2D eigenvalue weighted by Crippen LogP contribution is -2.54. The highest BCUT2D eigenvalue weighted by molar-refractivity contribution is 9.10. The molecule has 0 radical (unpaired) electrons. The van der Waals surface area contributed by atoms with Crippen LogP contribution < -0.4 is 11.3 Å².